The summed E-state index contributed by atoms with van der Waals surface area (Å²) >= 11 is 5.98. The van der Waals surface area contributed by atoms with Gasteiger partial charge < -0.3 is 9.47 Å². The topological polar surface area (TPSA) is 61.6 Å². The van der Waals surface area contributed by atoms with E-state index in [0.29, 0.717) is 11.3 Å². The Bertz CT molecular complexity index is 465. The number of nitro benzene ring substituents is 1. The predicted octanol–water partition coefficient (Wildman–Crippen LogP) is 2.68. The van der Waals surface area contributed by atoms with E-state index in [0.717, 1.165) is 6.42 Å². The van der Waals surface area contributed by atoms with Crippen molar-refractivity contribution in [2.24, 2.45) is 0 Å². The maximum absolute atomic E-state index is 10.7. The van der Waals surface area contributed by atoms with Crippen LogP contribution in [0.1, 0.15) is 12.0 Å². The van der Waals surface area contributed by atoms with Crippen LogP contribution in [0, 0.1) is 17.0 Å². The summed E-state index contributed by atoms with van der Waals surface area (Å²) in [6.45, 7) is 1.68. The number of benzene rings is 1. The summed E-state index contributed by atoms with van der Waals surface area (Å²) < 4.78 is 10.9. The minimum Gasteiger partial charge on any atom is -0.488 e. The lowest BCUT2D eigenvalue weighted by molar-refractivity contribution is -0.385. The molecule has 6 heteroatoms. The molecule has 1 aliphatic rings. The van der Waals surface area contributed by atoms with Crippen molar-refractivity contribution in [2.45, 2.75) is 30.9 Å². The van der Waals surface area contributed by atoms with Crippen LogP contribution in [0.25, 0.3) is 0 Å². The number of rotatable bonds is 4. The van der Waals surface area contributed by atoms with Gasteiger partial charge in [-0.1, -0.05) is 0 Å². The van der Waals surface area contributed by atoms with E-state index in [1.165, 1.54) is 6.07 Å². The molecule has 0 N–H and O–H groups in total. The molecule has 1 aliphatic carbocycles. The van der Waals surface area contributed by atoms with Crippen LogP contribution in [0.2, 0.25) is 0 Å². The number of hydrogen-bond donors (Lipinski definition) is 0. The van der Waals surface area contributed by atoms with Crippen LogP contribution < -0.4 is 4.74 Å². The second kappa shape index (κ2) is 5.12. The minimum atomic E-state index is -0.408. The molecule has 3 unspecified atom stereocenters. The molecule has 0 aromatic heterocycles. The molecule has 0 saturated heterocycles. The van der Waals surface area contributed by atoms with Crippen LogP contribution in [0.15, 0.2) is 18.2 Å². The lowest BCUT2D eigenvalue weighted by Crippen LogP contribution is -2.52. The van der Waals surface area contributed by atoms with Gasteiger partial charge in [0.25, 0.3) is 5.69 Å². The van der Waals surface area contributed by atoms with Crippen LogP contribution in [-0.4, -0.2) is 29.6 Å². The van der Waals surface area contributed by atoms with E-state index in [9.17, 15) is 10.1 Å². The number of alkyl halides is 1. The van der Waals surface area contributed by atoms with Gasteiger partial charge in [0.1, 0.15) is 18.0 Å². The molecule has 1 saturated carbocycles. The molecular formula is C12H14ClNO4. The Hall–Kier alpha value is -1.33. The normalized spacial score (nSPS) is 26.5. The fourth-order valence-corrected chi connectivity index (χ4v) is 2.46. The average molecular weight is 272 g/mol. The van der Waals surface area contributed by atoms with Gasteiger partial charge in [-0.25, -0.2) is 0 Å². The number of nitro groups is 1. The summed E-state index contributed by atoms with van der Waals surface area (Å²) in [6.07, 6.45) is 0.510. The third kappa shape index (κ3) is 2.42. The van der Waals surface area contributed by atoms with E-state index in [2.05, 4.69) is 0 Å². The monoisotopic (exact) mass is 271 g/mol. The molecular weight excluding hydrogens is 258 g/mol. The molecule has 1 fully saturated rings. The van der Waals surface area contributed by atoms with Gasteiger partial charge in [0.15, 0.2) is 0 Å². The Balaban J connectivity index is 2.07. The summed E-state index contributed by atoms with van der Waals surface area (Å²) in [7, 11) is 1.59. The molecule has 2 rings (SSSR count). The van der Waals surface area contributed by atoms with Crippen LogP contribution in [0.3, 0.4) is 0 Å². The highest BCUT2D eigenvalue weighted by Gasteiger charge is 2.42. The van der Waals surface area contributed by atoms with Gasteiger partial charge in [-0.05, 0) is 19.1 Å². The van der Waals surface area contributed by atoms with Gasteiger partial charge in [0.05, 0.1) is 10.3 Å². The van der Waals surface area contributed by atoms with E-state index in [-0.39, 0.29) is 23.3 Å². The highest BCUT2D eigenvalue weighted by atomic mass is 35.5. The molecule has 3 atom stereocenters. The predicted molar refractivity (Wildman–Crippen MR) is 67.3 cm³/mol. The Morgan fingerprint density at radius 3 is 2.72 bits per heavy atom. The lowest BCUT2D eigenvalue weighted by Gasteiger charge is -2.39. The van der Waals surface area contributed by atoms with Crippen molar-refractivity contribution in [1.29, 1.82) is 0 Å². The lowest BCUT2D eigenvalue weighted by atomic mass is 9.91. The summed E-state index contributed by atoms with van der Waals surface area (Å²) in [6, 6.07) is 4.70. The van der Waals surface area contributed by atoms with Gasteiger partial charge in [-0.15, -0.1) is 11.6 Å². The molecule has 0 amide bonds. The van der Waals surface area contributed by atoms with Crippen LogP contribution >= 0.6 is 11.6 Å². The first-order chi connectivity index (χ1) is 8.52. The van der Waals surface area contributed by atoms with E-state index < -0.39 is 4.92 Å². The molecule has 0 bridgehead atoms. The number of ether oxygens (including phenoxy) is 2. The second-order valence-corrected chi connectivity index (χ2v) is 4.87. The molecule has 98 valence electrons. The zero-order chi connectivity index (χ0) is 13.3. The molecule has 5 nitrogen and oxygen atoms in total. The minimum absolute atomic E-state index is 0.0286. The van der Waals surface area contributed by atoms with Crippen LogP contribution in [-0.2, 0) is 4.74 Å². The van der Waals surface area contributed by atoms with Crippen molar-refractivity contribution in [3.8, 4) is 5.75 Å². The second-order valence-electron chi connectivity index (χ2n) is 4.31. The standard InChI is InChI=1S/C12H14ClNO4/c1-7-5-8(3-4-10(7)14(15)16)18-11-6-9(13)12(11)17-2/h3-5,9,11-12H,6H2,1-2H3. The number of nitrogens with zero attached hydrogens (tertiary/aromatic N) is 1. The Labute approximate surface area is 110 Å². The number of aryl methyl sites for hydroxylation is 1. The molecule has 0 spiro atoms. The maximum Gasteiger partial charge on any atom is 0.272 e. The van der Waals surface area contributed by atoms with E-state index in [4.69, 9.17) is 21.1 Å². The van der Waals surface area contributed by atoms with E-state index in [1.54, 1.807) is 26.2 Å². The highest BCUT2D eigenvalue weighted by Crippen LogP contribution is 2.33. The quantitative estimate of drug-likeness (QED) is 0.480. The summed E-state index contributed by atoms with van der Waals surface area (Å²) in [5.74, 6) is 0.605. The summed E-state index contributed by atoms with van der Waals surface area (Å²) in [5.41, 5.74) is 0.669. The van der Waals surface area contributed by atoms with Crippen molar-refractivity contribution >= 4 is 17.3 Å². The van der Waals surface area contributed by atoms with E-state index in [1.807, 2.05) is 0 Å². The Morgan fingerprint density at radius 2 is 2.22 bits per heavy atom. The largest absolute Gasteiger partial charge is 0.488 e. The zero-order valence-electron chi connectivity index (χ0n) is 10.1. The van der Waals surface area contributed by atoms with Gasteiger partial charge in [0.2, 0.25) is 0 Å². The zero-order valence-corrected chi connectivity index (χ0v) is 10.9. The number of halogens is 1. The summed E-state index contributed by atoms with van der Waals surface area (Å²) in [5, 5.41) is 10.7. The van der Waals surface area contributed by atoms with Crippen molar-refractivity contribution in [1.82, 2.24) is 0 Å². The Morgan fingerprint density at radius 1 is 1.50 bits per heavy atom. The smallest absolute Gasteiger partial charge is 0.272 e. The van der Waals surface area contributed by atoms with Crippen LogP contribution in [0.4, 0.5) is 5.69 Å². The van der Waals surface area contributed by atoms with Crippen LogP contribution in [0.5, 0.6) is 5.75 Å². The van der Waals surface area contributed by atoms with Gasteiger partial charge >= 0.3 is 0 Å². The number of methoxy groups -OCH3 is 1. The molecule has 1 aromatic rings. The fourth-order valence-electron chi connectivity index (χ4n) is 2.02. The van der Waals surface area contributed by atoms with Crippen molar-refractivity contribution in [3.05, 3.63) is 33.9 Å². The van der Waals surface area contributed by atoms with E-state index >= 15 is 0 Å². The third-order valence-electron chi connectivity index (χ3n) is 3.10. The molecule has 1 aromatic carbocycles. The molecule has 0 radical (unpaired) electrons. The van der Waals surface area contributed by atoms with Gasteiger partial charge in [-0.3, -0.25) is 10.1 Å². The van der Waals surface area contributed by atoms with Crippen molar-refractivity contribution < 1.29 is 14.4 Å². The molecule has 18 heavy (non-hydrogen) atoms. The first-order valence-corrected chi connectivity index (χ1v) is 6.05. The average Bonchev–Trinajstić information content (AvgIpc) is 2.28. The number of hydrogen-bond acceptors (Lipinski definition) is 4. The molecule has 0 heterocycles. The van der Waals surface area contributed by atoms with Crippen molar-refractivity contribution in [2.75, 3.05) is 7.11 Å². The van der Waals surface area contributed by atoms with Crippen molar-refractivity contribution in [3.63, 3.8) is 0 Å². The first-order valence-electron chi connectivity index (χ1n) is 5.61. The van der Waals surface area contributed by atoms with Gasteiger partial charge in [0, 0.05) is 25.2 Å². The Kier molecular flexibility index (Phi) is 3.73. The third-order valence-corrected chi connectivity index (χ3v) is 3.53. The fraction of sp³-hybridized carbons (Fsp3) is 0.500. The van der Waals surface area contributed by atoms with Gasteiger partial charge in [-0.2, -0.15) is 0 Å². The molecule has 0 aliphatic heterocycles. The first kappa shape index (κ1) is 13.1. The maximum atomic E-state index is 10.7. The summed E-state index contributed by atoms with van der Waals surface area (Å²) in [4.78, 5) is 10.3. The SMILES string of the molecule is COC1C(Cl)CC1Oc1ccc([N+](=O)[O-])c(C)c1. The highest BCUT2D eigenvalue weighted by molar-refractivity contribution is 6.21.